The van der Waals surface area contributed by atoms with Crippen LogP contribution in [0.15, 0.2) is 11.6 Å². The number of rotatable bonds is 5. The van der Waals surface area contributed by atoms with Crippen LogP contribution in [0, 0.1) is 12.3 Å². The van der Waals surface area contributed by atoms with Crippen molar-refractivity contribution in [2.45, 2.75) is 45.6 Å². The minimum absolute atomic E-state index is 0.102. The average Bonchev–Trinajstić information content (AvgIpc) is 3.02. The first-order valence-electron chi connectivity index (χ1n) is 7.47. The number of nitrogens with zero attached hydrogens (tertiary/aromatic N) is 2. The summed E-state index contributed by atoms with van der Waals surface area (Å²) in [6, 6.07) is 0. The maximum absolute atomic E-state index is 9.74. The third kappa shape index (κ3) is 2.62. The van der Waals surface area contributed by atoms with Crippen LogP contribution in [0.4, 0.5) is 0 Å². The minimum atomic E-state index is 0.102. The number of imidazole rings is 1. The maximum Gasteiger partial charge on any atom is 0.194 e. The second-order valence-electron chi connectivity index (χ2n) is 6.02. The van der Waals surface area contributed by atoms with Crippen molar-refractivity contribution in [3.05, 3.63) is 23.0 Å². The predicted molar refractivity (Wildman–Crippen MR) is 82.1 cm³/mol. The second kappa shape index (κ2) is 5.84. The van der Waals surface area contributed by atoms with Crippen molar-refractivity contribution in [2.75, 3.05) is 13.2 Å². The maximum atomic E-state index is 9.74. The molecular formula is C15H23N3OS. The number of nitrogens with one attached hydrogen (secondary N) is 1. The monoisotopic (exact) mass is 293 g/mol. The highest BCUT2D eigenvalue weighted by molar-refractivity contribution is 7.15. The van der Waals surface area contributed by atoms with Crippen molar-refractivity contribution < 1.29 is 5.11 Å². The van der Waals surface area contributed by atoms with E-state index in [1.54, 1.807) is 11.3 Å². The summed E-state index contributed by atoms with van der Waals surface area (Å²) in [4.78, 5) is 5.63. The number of aromatic nitrogens is 2. The minimum Gasteiger partial charge on any atom is -0.396 e. The van der Waals surface area contributed by atoms with E-state index in [1.807, 2.05) is 0 Å². The Hall–Kier alpha value is -0.910. The van der Waals surface area contributed by atoms with Crippen LogP contribution < -0.4 is 5.32 Å². The Labute approximate surface area is 123 Å². The third-order valence-electron chi connectivity index (χ3n) is 4.60. The second-order valence-corrected chi connectivity index (χ2v) is 6.89. The number of aliphatic hydroxyl groups excluding tert-OH is 1. The molecule has 0 aliphatic heterocycles. The predicted octanol–water partition coefficient (Wildman–Crippen LogP) is 2.74. The van der Waals surface area contributed by atoms with Gasteiger partial charge < -0.3 is 10.4 Å². The molecule has 1 saturated carbocycles. The highest BCUT2D eigenvalue weighted by Gasteiger charge is 2.30. The lowest BCUT2D eigenvalue weighted by molar-refractivity contribution is 0.0809. The van der Waals surface area contributed by atoms with E-state index in [2.05, 4.69) is 33.2 Å². The summed E-state index contributed by atoms with van der Waals surface area (Å²) in [6.07, 6.45) is 8.20. The number of aliphatic hydroxyl groups is 1. The summed E-state index contributed by atoms with van der Waals surface area (Å²) in [5.41, 5.74) is 2.45. The largest absolute Gasteiger partial charge is 0.396 e. The van der Waals surface area contributed by atoms with Gasteiger partial charge in [0.25, 0.3) is 0 Å². The van der Waals surface area contributed by atoms with E-state index < -0.39 is 0 Å². The van der Waals surface area contributed by atoms with Crippen LogP contribution in [-0.4, -0.2) is 27.6 Å². The molecule has 0 spiro atoms. The van der Waals surface area contributed by atoms with E-state index >= 15 is 0 Å². The van der Waals surface area contributed by atoms with Gasteiger partial charge in [-0.3, -0.25) is 4.40 Å². The van der Waals surface area contributed by atoms with Crippen LogP contribution in [-0.2, 0) is 6.54 Å². The van der Waals surface area contributed by atoms with E-state index in [-0.39, 0.29) is 5.41 Å². The Morgan fingerprint density at radius 3 is 2.95 bits per heavy atom. The first-order chi connectivity index (χ1) is 9.74. The first kappa shape index (κ1) is 14.0. The molecule has 1 aliphatic rings. The lowest BCUT2D eigenvalue weighted by atomic mass is 9.74. The van der Waals surface area contributed by atoms with Crippen LogP contribution in [0.25, 0.3) is 4.96 Å². The molecule has 2 heterocycles. The summed E-state index contributed by atoms with van der Waals surface area (Å²) >= 11 is 1.67. The van der Waals surface area contributed by atoms with Crippen molar-refractivity contribution in [1.29, 1.82) is 0 Å². The summed E-state index contributed by atoms with van der Waals surface area (Å²) < 4.78 is 2.17. The molecule has 0 saturated heterocycles. The molecular weight excluding hydrogens is 270 g/mol. The topological polar surface area (TPSA) is 49.6 Å². The standard InChI is InChI=1S/C15H23N3OS/c1-12-13(18-7-8-20-14(18)17-12)9-16-10-15(11-19)5-3-2-4-6-15/h7-8,16,19H,2-6,9-11H2,1H3. The van der Waals surface area contributed by atoms with Gasteiger partial charge in [0, 0.05) is 36.7 Å². The molecule has 0 bridgehead atoms. The average molecular weight is 293 g/mol. The third-order valence-corrected chi connectivity index (χ3v) is 5.36. The van der Waals surface area contributed by atoms with Gasteiger partial charge in [0.1, 0.15) is 0 Å². The van der Waals surface area contributed by atoms with E-state index in [0.717, 1.165) is 36.6 Å². The molecule has 0 atom stereocenters. The zero-order valence-electron chi connectivity index (χ0n) is 12.1. The van der Waals surface area contributed by atoms with E-state index in [9.17, 15) is 5.11 Å². The Morgan fingerprint density at radius 2 is 2.20 bits per heavy atom. The van der Waals surface area contributed by atoms with Crippen LogP contribution in [0.5, 0.6) is 0 Å². The van der Waals surface area contributed by atoms with Crippen molar-refractivity contribution >= 4 is 16.3 Å². The fraction of sp³-hybridized carbons (Fsp3) is 0.667. The lowest BCUT2D eigenvalue weighted by Crippen LogP contribution is -2.39. The summed E-state index contributed by atoms with van der Waals surface area (Å²) in [6.45, 7) is 4.10. The molecule has 110 valence electrons. The smallest absolute Gasteiger partial charge is 0.194 e. The Bertz CT molecular complexity index is 569. The highest BCUT2D eigenvalue weighted by atomic mass is 32.1. The van der Waals surface area contributed by atoms with E-state index in [4.69, 9.17) is 0 Å². The molecule has 1 aliphatic carbocycles. The van der Waals surface area contributed by atoms with Gasteiger partial charge in [0.2, 0.25) is 0 Å². The summed E-state index contributed by atoms with van der Waals surface area (Å²) in [7, 11) is 0. The quantitative estimate of drug-likeness (QED) is 0.891. The van der Waals surface area contributed by atoms with Gasteiger partial charge in [-0.25, -0.2) is 4.98 Å². The molecule has 2 N–H and O–H groups in total. The van der Waals surface area contributed by atoms with E-state index in [1.165, 1.54) is 25.0 Å². The first-order valence-corrected chi connectivity index (χ1v) is 8.35. The van der Waals surface area contributed by atoms with Gasteiger partial charge in [-0.1, -0.05) is 19.3 Å². The van der Waals surface area contributed by atoms with Gasteiger partial charge in [-0.15, -0.1) is 11.3 Å². The van der Waals surface area contributed by atoms with Gasteiger partial charge >= 0.3 is 0 Å². The van der Waals surface area contributed by atoms with Crippen molar-refractivity contribution in [1.82, 2.24) is 14.7 Å². The van der Waals surface area contributed by atoms with Gasteiger partial charge in [-0.2, -0.15) is 0 Å². The molecule has 2 aromatic rings. The Kier molecular flexibility index (Phi) is 4.10. The zero-order chi connectivity index (χ0) is 14.0. The Morgan fingerprint density at radius 1 is 1.40 bits per heavy atom. The molecule has 5 heteroatoms. The van der Waals surface area contributed by atoms with Gasteiger partial charge in [0.15, 0.2) is 4.96 Å². The molecule has 0 aromatic carbocycles. The molecule has 20 heavy (non-hydrogen) atoms. The van der Waals surface area contributed by atoms with E-state index in [0.29, 0.717) is 6.61 Å². The van der Waals surface area contributed by atoms with Crippen molar-refractivity contribution in [3.8, 4) is 0 Å². The van der Waals surface area contributed by atoms with Crippen LogP contribution >= 0.6 is 11.3 Å². The molecule has 0 unspecified atom stereocenters. The SMILES string of the molecule is Cc1nc2sccn2c1CNCC1(CO)CCCCC1. The number of thiazole rings is 1. The summed E-state index contributed by atoms with van der Waals surface area (Å²) in [5.74, 6) is 0. The lowest BCUT2D eigenvalue weighted by Gasteiger charge is -2.35. The zero-order valence-corrected chi connectivity index (χ0v) is 12.9. The Balaban J connectivity index is 1.64. The van der Waals surface area contributed by atoms with Crippen molar-refractivity contribution in [2.24, 2.45) is 5.41 Å². The molecule has 0 amide bonds. The fourth-order valence-corrected chi connectivity index (χ4v) is 4.07. The number of hydrogen-bond donors (Lipinski definition) is 2. The molecule has 1 fully saturated rings. The summed E-state index contributed by atoms with van der Waals surface area (Å²) in [5, 5.41) is 15.4. The van der Waals surface area contributed by atoms with Crippen LogP contribution in [0.2, 0.25) is 0 Å². The van der Waals surface area contributed by atoms with Gasteiger partial charge in [-0.05, 0) is 19.8 Å². The van der Waals surface area contributed by atoms with Gasteiger partial charge in [0.05, 0.1) is 11.4 Å². The highest BCUT2D eigenvalue weighted by Crippen LogP contribution is 2.35. The number of fused-ring (bicyclic) bond motifs is 1. The fourth-order valence-electron chi connectivity index (χ4n) is 3.29. The number of hydrogen-bond acceptors (Lipinski definition) is 4. The van der Waals surface area contributed by atoms with Crippen LogP contribution in [0.3, 0.4) is 0 Å². The molecule has 2 aromatic heterocycles. The molecule has 0 radical (unpaired) electrons. The number of aryl methyl sites for hydroxylation is 1. The normalized spacial score (nSPS) is 18.7. The van der Waals surface area contributed by atoms with Crippen LogP contribution in [0.1, 0.15) is 43.5 Å². The molecule has 4 nitrogen and oxygen atoms in total. The molecule has 3 rings (SSSR count). The van der Waals surface area contributed by atoms with Crippen molar-refractivity contribution in [3.63, 3.8) is 0 Å².